The zero-order chi connectivity index (χ0) is 13.2. The summed E-state index contributed by atoms with van der Waals surface area (Å²) >= 11 is 0. The first kappa shape index (κ1) is 13.9. The summed E-state index contributed by atoms with van der Waals surface area (Å²) in [6.45, 7) is 13.4. The summed E-state index contributed by atoms with van der Waals surface area (Å²) in [5.74, 6) is 1.05. The second-order valence-corrected chi connectivity index (χ2v) is 5.68. The molecule has 17 heavy (non-hydrogen) atoms. The summed E-state index contributed by atoms with van der Waals surface area (Å²) in [5.41, 5.74) is -0.474. The maximum atomic E-state index is 11.6. The fourth-order valence-electron chi connectivity index (χ4n) is 1.78. The van der Waals surface area contributed by atoms with Crippen LogP contribution in [0.3, 0.4) is 0 Å². The fraction of sp³-hybridized carbons (Fsp3) is 0.769. The maximum absolute atomic E-state index is 11.6. The van der Waals surface area contributed by atoms with Gasteiger partial charge in [-0.15, -0.1) is 0 Å². The summed E-state index contributed by atoms with van der Waals surface area (Å²) in [6, 6.07) is -0.0228. The highest BCUT2D eigenvalue weighted by Crippen LogP contribution is 2.26. The zero-order valence-corrected chi connectivity index (χ0v) is 11.4. The molecule has 1 aliphatic rings. The molecule has 1 rings (SSSR count). The van der Waals surface area contributed by atoms with Gasteiger partial charge in [0.1, 0.15) is 11.7 Å². The van der Waals surface area contributed by atoms with Gasteiger partial charge in [0.15, 0.2) is 0 Å². The van der Waals surface area contributed by atoms with Gasteiger partial charge < -0.3 is 14.8 Å². The summed E-state index contributed by atoms with van der Waals surface area (Å²) in [5, 5.41) is 2.85. The lowest BCUT2D eigenvalue weighted by atomic mass is 9.94. The standard InChI is InChI=1S/C13H23NO3/c1-8-7-11(10(3)16-9(8)2)14-12(15)17-13(4,5)6/h8,10-11H,2,7H2,1,3-6H3,(H,14,15)/t8-,10+,11+/m0/s1. The van der Waals surface area contributed by atoms with Crippen molar-refractivity contribution in [3.05, 3.63) is 12.3 Å². The first-order valence-corrected chi connectivity index (χ1v) is 6.04. The Morgan fingerprint density at radius 3 is 2.59 bits per heavy atom. The number of carbonyl (C=O) groups excluding carboxylic acids is 1. The Kier molecular flexibility index (Phi) is 4.07. The Hall–Kier alpha value is -1.19. The molecule has 0 aliphatic carbocycles. The minimum atomic E-state index is -0.474. The number of amides is 1. The first-order valence-electron chi connectivity index (χ1n) is 6.04. The van der Waals surface area contributed by atoms with E-state index in [0.717, 1.165) is 12.2 Å². The molecule has 1 aliphatic heterocycles. The Morgan fingerprint density at radius 2 is 2.06 bits per heavy atom. The second-order valence-electron chi connectivity index (χ2n) is 5.68. The van der Waals surface area contributed by atoms with Gasteiger partial charge >= 0.3 is 6.09 Å². The van der Waals surface area contributed by atoms with Crippen molar-refractivity contribution in [1.82, 2.24) is 5.32 Å². The van der Waals surface area contributed by atoms with Crippen LogP contribution in [-0.4, -0.2) is 23.8 Å². The van der Waals surface area contributed by atoms with Gasteiger partial charge in [0, 0.05) is 5.92 Å². The Morgan fingerprint density at radius 1 is 1.47 bits per heavy atom. The van der Waals surface area contributed by atoms with Crippen LogP contribution in [0.4, 0.5) is 4.79 Å². The lowest BCUT2D eigenvalue weighted by molar-refractivity contribution is 0.0161. The molecule has 1 N–H and O–H groups in total. The van der Waals surface area contributed by atoms with E-state index in [2.05, 4.69) is 11.9 Å². The van der Waals surface area contributed by atoms with Crippen molar-refractivity contribution in [2.24, 2.45) is 5.92 Å². The molecule has 0 radical (unpaired) electrons. The lowest BCUT2D eigenvalue weighted by Gasteiger charge is -2.35. The van der Waals surface area contributed by atoms with Gasteiger partial charge in [-0.2, -0.15) is 0 Å². The number of hydrogen-bond acceptors (Lipinski definition) is 3. The van der Waals surface area contributed by atoms with E-state index >= 15 is 0 Å². The number of allylic oxidation sites excluding steroid dienone is 1. The molecule has 0 spiro atoms. The van der Waals surface area contributed by atoms with Gasteiger partial charge in [0.25, 0.3) is 0 Å². The molecule has 0 aromatic carbocycles. The smallest absolute Gasteiger partial charge is 0.408 e. The summed E-state index contributed by atoms with van der Waals surface area (Å²) in [6.07, 6.45) is 0.378. The highest BCUT2D eigenvalue weighted by molar-refractivity contribution is 5.68. The average molecular weight is 241 g/mol. The monoisotopic (exact) mass is 241 g/mol. The Labute approximate surface area is 103 Å². The van der Waals surface area contributed by atoms with E-state index in [0.29, 0.717) is 0 Å². The highest BCUT2D eigenvalue weighted by Gasteiger charge is 2.31. The van der Waals surface area contributed by atoms with Crippen LogP contribution in [0, 0.1) is 5.92 Å². The molecular formula is C13H23NO3. The first-order chi connectivity index (χ1) is 7.69. The average Bonchev–Trinajstić information content (AvgIpc) is 2.11. The predicted octanol–water partition coefficient (Wildman–Crippen LogP) is 2.84. The topological polar surface area (TPSA) is 47.6 Å². The van der Waals surface area contributed by atoms with Gasteiger partial charge in [0.2, 0.25) is 0 Å². The van der Waals surface area contributed by atoms with E-state index in [1.165, 1.54) is 0 Å². The molecule has 3 atom stereocenters. The summed E-state index contributed by atoms with van der Waals surface area (Å²) < 4.78 is 10.8. The SMILES string of the molecule is C=C1O[C@H](C)[C@H](NC(=O)OC(C)(C)C)C[C@@H]1C. The van der Waals surface area contributed by atoms with Crippen LogP contribution in [0.1, 0.15) is 41.0 Å². The van der Waals surface area contributed by atoms with Gasteiger partial charge in [-0.1, -0.05) is 13.5 Å². The van der Waals surface area contributed by atoms with Gasteiger partial charge in [-0.05, 0) is 34.1 Å². The molecule has 4 heteroatoms. The zero-order valence-electron chi connectivity index (χ0n) is 11.4. The molecule has 0 bridgehead atoms. The van der Waals surface area contributed by atoms with Crippen LogP contribution >= 0.6 is 0 Å². The number of nitrogens with one attached hydrogen (secondary N) is 1. The second kappa shape index (κ2) is 4.98. The number of alkyl carbamates (subject to hydrolysis) is 1. The third-order valence-electron chi connectivity index (χ3n) is 2.76. The number of rotatable bonds is 1. The number of ether oxygens (including phenoxy) is 2. The lowest BCUT2D eigenvalue weighted by Crippen LogP contribution is -2.48. The highest BCUT2D eigenvalue weighted by atomic mass is 16.6. The Bertz CT molecular complexity index is 306. The molecular weight excluding hydrogens is 218 g/mol. The summed E-state index contributed by atoms with van der Waals surface area (Å²) in [4.78, 5) is 11.6. The minimum Gasteiger partial charge on any atom is -0.493 e. The third kappa shape index (κ3) is 4.29. The van der Waals surface area contributed by atoms with Crippen LogP contribution in [0.5, 0.6) is 0 Å². The molecule has 0 saturated carbocycles. The van der Waals surface area contributed by atoms with Crippen molar-refractivity contribution in [1.29, 1.82) is 0 Å². The molecule has 4 nitrogen and oxygen atoms in total. The summed E-state index contributed by atoms with van der Waals surface area (Å²) in [7, 11) is 0. The van der Waals surface area contributed by atoms with Crippen molar-refractivity contribution >= 4 is 6.09 Å². The van der Waals surface area contributed by atoms with E-state index in [1.54, 1.807) is 0 Å². The number of hydrogen-bond donors (Lipinski definition) is 1. The molecule has 0 aromatic heterocycles. The van der Waals surface area contributed by atoms with Crippen LogP contribution in [-0.2, 0) is 9.47 Å². The van der Waals surface area contributed by atoms with Crippen LogP contribution < -0.4 is 5.32 Å². The Balaban J connectivity index is 2.51. The number of carbonyl (C=O) groups is 1. The van der Waals surface area contributed by atoms with Gasteiger partial charge in [0.05, 0.1) is 11.8 Å². The van der Waals surface area contributed by atoms with Crippen molar-refractivity contribution in [2.45, 2.75) is 58.8 Å². The quantitative estimate of drug-likeness (QED) is 0.768. The van der Waals surface area contributed by atoms with E-state index in [1.807, 2.05) is 34.6 Å². The van der Waals surface area contributed by atoms with E-state index < -0.39 is 11.7 Å². The van der Waals surface area contributed by atoms with Crippen LogP contribution in [0.2, 0.25) is 0 Å². The minimum absolute atomic E-state index is 0.0228. The van der Waals surface area contributed by atoms with Gasteiger partial charge in [-0.3, -0.25) is 0 Å². The van der Waals surface area contributed by atoms with Crippen LogP contribution in [0.15, 0.2) is 12.3 Å². The van der Waals surface area contributed by atoms with E-state index in [9.17, 15) is 4.79 Å². The van der Waals surface area contributed by atoms with Crippen molar-refractivity contribution in [3.63, 3.8) is 0 Å². The third-order valence-corrected chi connectivity index (χ3v) is 2.76. The van der Waals surface area contributed by atoms with Crippen molar-refractivity contribution < 1.29 is 14.3 Å². The molecule has 1 saturated heterocycles. The van der Waals surface area contributed by atoms with Crippen LogP contribution in [0.25, 0.3) is 0 Å². The van der Waals surface area contributed by atoms with Gasteiger partial charge in [-0.25, -0.2) is 4.79 Å². The molecule has 98 valence electrons. The maximum Gasteiger partial charge on any atom is 0.408 e. The largest absolute Gasteiger partial charge is 0.493 e. The molecule has 1 amide bonds. The van der Waals surface area contributed by atoms with Crippen molar-refractivity contribution in [2.75, 3.05) is 0 Å². The predicted molar refractivity (Wildman–Crippen MR) is 66.6 cm³/mol. The fourth-order valence-corrected chi connectivity index (χ4v) is 1.78. The van der Waals surface area contributed by atoms with Crippen molar-refractivity contribution in [3.8, 4) is 0 Å². The normalized spacial score (nSPS) is 29.5. The molecule has 0 aromatic rings. The molecule has 1 fully saturated rings. The van der Waals surface area contributed by atoms with E-state index in [-0.39, 0.29) is 18.1 Å². The van der Waals surface area contributed by atoms with E-state index in [4.69, 9.17) is 9.47 Å². The molecule has 1 heterocycles. The molecule has 0 unspecified atom stereocenters.